The summed E-state index contributed by atoms with van der Waals surface area (Å²) in [4.78, 5) is 33.4. The van der Waals surface area contributed by atoms with Crippen molar-refractivity contribution in [1.29, 1.82) is 0 Å². The maximum absolute atomic E-state index is 12.9. The lowest BCUT2D eigenvalue weighted by molar-refractivity contribution is -0.181. The van der Waals surface area contributed by atoms with E-state index < -0.39 is 11.5 Å². The number of piperidine rings is 1. The molecule has 0 unspecified atom stereocenters. The predicted molar refractivity (Wildman–Crippen MR) is 99.5 cm³/mol. The Hall–Kier alpha value is -2.51. The molecule has 3 heterocycles. The third-order valence-electron chi connectivity index (χ3n) is 5.27. The van der Waals surface area contributed by atoms with E-state index in [-0.39, 0.29) is 11.6 Å². The first-order valence-corrected chi connectivity index (χ1v) is 9.22. The van der Waals surface area contributed by atoms with E-state index in [2.05, 4.69) is 9.97 Å². The molecule has 142 valence electrons. The van der Waals surface area contributed by atoms with Gasteiger partial charge in [0.05, 0.1) is 18.9 Å². The molecule has 0 radical (unpaired) electrons. The maximum atomic E-state index is 12.9. The monoisotopic (exact) mass is 369 g/mol. The molecular weight excluding hydrogens is 346 g/mol. The molecule has 4 rings (SSSR count). The molecule has 0 saturated carbocycles. The first-order valence-electron chi connectivity index (χ1n) is 9.22. The number of aromatic amines is 1. The van der Waals surface area contributed by atoms with Crippen molar-refractivity contribution in [1.82, 2.24) is 14.9 Å². The Bertz CT molecular complexity index is 921. The van der Waals surface area contributed by atoms with Crippen LogP contribution in [-0.4, -0.2) is 52.9 Å². The third-order valence-corrected chi connectivity index (χ3v) is 5.27. The molecule has 2 saturated heterocycles. The van der Waals surface area contributed by atoms with Crippen molar-refractivity contribution < 1.29 is 14.3 Å². The van der Waals surface area contributed by atoms with E-state index in [1.807, 2.05) is 32.0 Å². The van der Waals surface area contributed by atoms with Crippen LogP contribution in [0.3, 0.4) is 0 Å². The Labute approximate surface area is 157 Å². The zero-order chi connectivity index (χ0) is 19.0. The van der Waals surface area contributed by atoms with E-state index >= 15 is 0 Å². The summed E-state index contributed by atoms with van der Waals surface area (Å²) in [6.07, 6.45) is 1.27. The molecule has 1 N–H and O–H groups in total. The minimum Gasteiger partial charge on any atom is -0.347 e. The Kier molecular flexibility index (Phi) is 4.57. The fourth-order valence-electron chi connectivity index (χ4n) is 3.73. The third kappa shape index (κ3) is 3.52. The molecule has 1 aromatic heterocycles. The molecule has 1 aromatic carbocycles. The highest BCUT2D eigenvalue weighted by Crippen LogP contribution is 2.31. The number of likely N-dealkylation sites (tertiary alicyclic amines) is 1. The van der Waals surface area contributed by atoms with Crippen molar-refractivity contribution in [3.63, 3.8) is 0 Å². The van der Waals surface area contributed by atoms with Gasteiger partial charge in [0.1, 0.15) is 5.69 Å². The van der Waals surface area contributed by atoms with Gasteiger partial charge in [-0.15, -0.1) is 0 Å². The smallest absolute Gasteiger partial charge is 0.346 e. The van der Waals surface area contributed by atoms with E-state index in [1.54, 1.807) is 11.0 Å². The fraction of sp³-hybridized carbons (Fsp3) is 0.450. The molecule has 7 nitrogen and oxygen atoms in total. The largest absolute Gasteiger partial charge is 0.347 e. The van der Waals surface area contributed by atoms with Gasteiger partial charge in [0, 0.05) is 31.5 Å². The Morgan fingerprint density at radius 2 is 1.85 bits per heavy atom. The van der Waals surface area contributed by atoms with E-state index in [1.165, 1.54) is 0 Å². The molecule has 7 heteroatoms. The SMILES string of the molecule is Cc1ccc(C)c(-c2cc(C(=O)N3CCC4(CC3)OCCO4)[nH]c(=O)n2)c1. The topological polar surface area (TPSA) is 84.5 Å². The average molecular weight is 369 g/mol. The van der Waals surface area contributed by atoms with E-state index in [9.17, 15) is 9.59 Å². The van der Waals surface area contributed by atoms with Crippen LogP contribution < -0.4 is 5.69 Å². The molecule has 0 aliphatic carbocycles. The average Bonchev–Trinajstić information content (AvgIpc) is 3.11. The number of carbonyl (C=O) groups excluding carboxylic acids is 1. The first kappa shape index (κ1) is 17.9. The van der Waals surface area contributed by atoms with Crippen LogP contribution in [0.5, 0.6) is 0 Å². The van der Waals surface area contributed by atoms with Crippen LogP contribution >= 0.6 is 0 Å². The van der Waals surface area contributed by atoms with Crippen molar-refractivity contribution in [2.45, 2.75) is 32.5 Å². The molecule has 0 bridgehead atoms. The van der Waals surface area contributed by atoms with Crippen LogP contribution in [0.15, 0.2) is 29.1 Å². The molecule has 2 aliphatic heterocycles. The van der Waals surface area contributed by atoms with Crippen LogP contribution in [0.2, 0.25) is 0 Å². The number of aryl methyl sites for hydroxylation is 2. The molecular formula is C20H23N3O4. The lowest BCUT2D eigenvalue weighted by atomic mass is 10.0. The quantitative estimate of drug-likeness (QED) is 0.876. The van der Waals surface area contributed by atoms with Crippen LogP contribution in [0.1, 0.15) is 34.5 Å². The number of H-pyrrole nitrogens is 1. The molecule has 2 aromatic rings. The van der Waals surface area contributed by atoms with Gasteiger partial charge >= 0.3 is 5.69 Å². The minimum absolute atomic E-state index is 0.200. The van der Waals surface area contributed by atoms with Crippen molar-refractivity contribution in [2.75, 3.05) is 26.3 Å². The number of aromatic nitrogens is 2. The number of carbonyl (C=O) groups is 1. The molecule has 1 amide bonds. The van der Waals surface area contributed by atoms with Crippen LogP contribution in [0.4, 0.5) is 0 Å². The van der Waals surface area contributed by atoms with E-state index in [0.717, 1.165) is 16.7 Å². The van der Waals surface area contributed by atoms with Gasteiger partial charge in [-0.05, 0) is 31.5 Å². The molecule has 2 aliphatic rings. The summed E-state index contributed by atoms with van der Waals surface area (Å²) in [6, 6.07) is 7.64. The van der Waals surface area contributed by atoms with Crippen LogP contribution in [-0.2, 0) is 9.47 Å². The second-order valence-electron chi connectivity index (χ2n) is 7.20. The van der Waals surface area contributed by atoms with Crippen LogP contribution in [0.25, 0.3) is 11.3 Å². The zero-order valence-corrected chi connectivity index (χ0v) is 15.6. The molecule has 1 spiro atoms. The summed E-state index contributed by atoms with van der Waals surface area (Å²) in [6.45, 7) is 6.21. The molecule has 27 heavy (non-hydrogen) atoms. The number of ether oxygens (including phenoxy) is 2. The van der Waals surface area contributed by atoms with Gasteiger partial charge in [-0.1, -0.05) is 17.7 Å². The Balaban J connectivity index is 1.59. The second-order valence-corrected chi connectivity index (χ2v) is 7.20. The number of amides is 1. The van der Waals surface area contributed by atoms with Crippen LogP contribution in [0, 0.1) is 13.8 Å². The Morgan fingerprint density at radius 3 is 2.56 bits per heavy atom. The zero-order valence-electron chi connectivity index (χ0n) is 15.6. The lowest BCUT2D eigenvalue weighted by Gasteiger charge is -2.37. The second kappa shape index (κ2) is 6.90. The number of hydrogen-bond acceptors (Lipinski definition) is 5. The highest BCUT2D eigenvalue weighted by Gasteiger charge is 2.41. The standard InChI is InChI=1S/C20H23N3O4/c1-13-3-4-14(2)15(11-13)16-12-17(22-19(25)21-16)18(24)23-7-5-20(6-8-23)26-9-10-27-20/h3-4,11-12H,5-10H2,1-2H3,(H,21,22,25). The molecule has 0 atom stereocenters. The van der Waals surface area contributed by atoms with Crippen molar-refractivity contribution in [3.05, 3.63) is 51.6 Å². The van der Waals surface area contributed by atoms with Gasteiger partial charge < -0.3 is 19.4 Å². The van der Waals surface area contributed by atoms with Crippen molar-refractivity contribution in [3.8, 4) is 11.3 Å². The lowest BCUT2D eigenvalue weighted by Crippen LogP contribution is -2.47. The van der Waals surface area contributed by atoms with Gasteiger partial charge in [-0.3, -0.25) is 4.79 Å². The van der Waals surface area contributed by atoms with Crippen molar-refractivity contribution >= 4 is 5.91 Å². The van der Waals surface area contributed by atoms with Gasteiger partial charge in [-0.2, -0.15) is 4.98 Å². The maximum Gasteiger partial charge on any atom is 0.346 e. The predicted octanol–water partition coefficient (Wildman–Crippen LogP) is 2.03. The van der Waals surface area contributed by atoms with E-state index in [4.69, 9.17) is 9.47 Å². The van der Waals surface area contributed by atoms with Crippen molar-refractivity contribution in [2.24, 2.45) is 0 Å². The summed E-state index contributed by atoms with van der Waals surface area (Å²) < 4.78 is 11.4. The number of hydrogen-bond donors (Lipinski definition) is 1. The van der Waals surface area contributed by atoms with Gasteiger partial charge in [0.2, 0.25) is 0 Å². The van der Waals surface area contributed by atoms with E-state index in [0.29, 0.717) is 44.8 Å². The van der Waals surface area contributed by atoms with Gasteiger partial charge in [0.15, 0.2) is 5.79 Å². The highest BCUT2D eigenvalue weighted by molar-refractivity contribution is 5.93. The van der Waals surface area contributed by atoms with Gasteiger partial charge in [0.25, 0.3) is 5.91 Å². The number of rotatable bonds is 2. The highest BCUT2D eigenvalue weighted by atomic mass is 16.7. The minimum atomic E-state index is -0.535. The summed E-state index contributed by atoms with van der Waals surface area (Å²) >= 11 is 0. The molecule has 2 fully saturated rings. The first-order chi connectivity index (χ1) is 13.0. The fourth-order valence-corrected chi connectivity index (χ4v) is 3.73. The Morgan fingerprint density at radius 1 is 1.15 bits per heavy atom. The summed E-state index contributed by atoms with van der Waals surface area (Å²) in [7, 11) is 0. The number of nitrogens with zero attached hydrogens (tertiary/aromatic N) is 2. The summed E-state index contributed by atoms with van der Waals surface area (Å²) in [5, 5.41) is 0. The summed E-state index contributed by atoms with van der Waals surface area (Å²) in [5.74, 6) is -0.736. The normalized spacial score (nSPS) is 18.8. The summed E-state index contributed by atoms with van der Waals surface area (Å²) in [5.41, 5.74) is 3.19. The number of benzene rings is 1. The van der Waals surface area contributed by atoms with Gasteiger partial charge in [-0.25, -0.2) is 4.79 Å². The number of nitrogens with one attached hydrogen (secondary N) is 1.